The van der Waals surface area contributed by atoms with Gasteiger partial charge in [0.15, 0.2) is 6.04 Å². The maximum absolute atomic E-state index is 11.5. The van der Waals surface area contributed by atoms with Crippen LogP contribution in [0.15, 0.2) is 0 Å². The molecule has 0 aliphatic heterocycles. The number of rotatable bonds is 10. The van der Waals surface area contributed by atoms with Gasteiger partial charge in [0.1, 0.15) is 0 Å². The van der Waals surface area contributed by atoms with Gasteiger partial charge in [-0.1, -0.05) is 6.42 Å². The van der Waals surface area contributed by atoms with Gasteiger partial charge >= 0.3 is 5.97 Å². The number of carbonyl (C=O) groups excluding carboxylic acids is 1. The zero-order valence-electron chi connectivity index (χ0n) is 12.1. The van der Waals surface area contributed by atoms with E-state index in [1.807, 2.05) is 0 Å². The Morgan fingerprint density at radius 3 is 2.30 bits per heavy atom. The Morgan fingerprint density at radius 1 is 1.25 bits per heavy atom. The summed E-state index contributed by atoms with van der Waals surface area (Å²) in [5, 5.41) is 20.6. The monoisotopic (exact) mass is 332 g/mol. The number of carboxylic acids is 1. The van der Waals surface area contributed by atoms with Crippen LogP contribution in [0.4, 0.5) is 0 Å². The Hall–Kier alpha value is 0.600. The minimum atomic E-state index is -1.24. The van der Waals surface area contributed by atoms with Crippen molar-refractivity contribution in [3.05, 3.63) is 0 Å². The Bertz CT molecular complexity index is 293. The van der Waals surface area contributed by atoms with Crippen LogP contribution in [0, 0.1) is 0 Å². The van der Waals surface area contributed by atoms with Gasteiger partial charge < -0.3 is 15.5 Å². The van der Waals surface area contributed by atoms with Gasteiger partial charge in [-0.15, -0.1) is 0 Å². The van der Waals surface area contributed by atoms with Gasteiger partial charge in [-0.2, -0.15) is 25.3 Å². The summed E-state index contributed by atoms with van der Waals surface area (Å²) in [7, 11) is 0. The Morgan fingerprint density at radius 2 is 1.85 bits per heavy atom. The van der Waals surface area contributed by atoms with E-state index in [1.165, 1.54) is 6.92 Å². The molecule has 0 bridgehead atoms. The molecule has 0 fully saturated rings. The second kappa shape index (κ2) is 13.3. The molecule has 0 spiro atoms. The van der Waals surface area contributed by atoms with Crippen LogP contribution in [0.25, 0.3) is 0 Å². The van der Waals surface area contributed by atoms with Crippen LogP contribution < -0.4 is 5.32 Å². The summed E-state index contributed by atoms with van der Waals surface area (Å²) in [4.78, 5) is 22.3. The second-order valence-electron chi connectivity index (χ2n) is 4.54. The number of amides is 1. The van der Waals surface area contributed by atoms with E-state index in [4.69, 9.17) is 5.11 Å². The summed E-state index contributed by atoms with van der Waals surface area (Å²) < 4.78 is 0. The van der Waals surface area contributed by atoms with Crippen molar-refractivity contribution < 1.29 is 19.8 Å². The zero-order valence-corrected chi connectivity index (χ0v) is 15.9. The van der Waals surface area contributed by atoms with Crippen molar-refractivity contribution in [2.75, 3.05) is 5.75 Å². The normalized spacial score (nSPS) is 14.8. The number of hydrogen-bond acceptors (Lipinski definition) is 5. The third-order valence-electron chi connectivity index (χ3n) is 2.72. The molecule has 1 radical (unpaired) electrons. The van der Waals surface area contributed by atoms with E-state index in [1.54, 1.807) is 0 Å². The molecule has 5 nitrogen and oxygen atoms in total. The van der Waals surface area contributed by atoms with E-state index >= 15 is 0 Å². The first kappa shape index (κ1) is 22.9. The summed E-state index contributed by atoms with van der Waals surface area (Å²) >= 11 is 8.51. The molecule has 0 saturated carbocycles. The van der Waals surface area contributed by atoms with Gasteiger partial charge in [0.2, 0.25) is 5.91 Å². The molecule has 0 aromatic rings. The van der Waals surface area contributed by atoms with Crippen molar-refractivity contribution >= 4 is 66.7 Å². The predicted molar refractivity (Wildman–Crippen MR) is 86.7 cm³/mol. The van der Waals surface area contributed by atoms with Crippen molar-refractivity contribution in [3.63, 3.8) is 0 Å². The minimum Gasteiger partial charge on any atom is -0.480 e. The van der Waals surface area contributed by atoms with Crippen LogP contribution in [-0.4, -0.2) is 74.8 Å². The summed E-state index contributed by atoms with van der Waals surface area (Å²) in [5.74, 6) is -0.783. The van der Waals surface area contributed by atoms with Gasteiger partial charge in [0.05, 0.1) is 6.10 Å². The first-order valence-electron chi connectivity index (χ1n) is 6.37. The van der Waals surface area contributed by atoms with E-state index < -0.39 is 18.1 Å². The first-order valence-corrected chi connectivity index (χ1v) is 7.52. The number of nitrogens with one attached hydrogen (secondary N) is 1. The molecule has 0 aliphatic rings. The third kappa shape index (κ3) is 11.3. The third-order valence-corrected chi connectivity index (χ3v) is 3.49. The van der Waals surface area contributed by atoms with Crippen molar-refractivity contribution in [2.24, 2.45) is 0 Å². The molecular formula is C12H23NNaO4S2. The number of aliphatic hydroxyl groups is 1. The van der Waals surface area contributed by atoms with Gasteiger partial charge in [-0.25, -0.2) is 4.79 Å². The van der Waals surface area contributed by atoms with Gasteiger partial charge in [0.25, 0.3) is 0 Å². The Balaban J connectivity index is 0. The fourth-order valence-electron chi connectivity index (χ4n) is 1.59. The van der Waals surface area contributed by atoms with E-state index in [-0.39, 0.29) is 41.9 Å². The van der Waals surface area contributed by atoms with Crippen LogP contribution in [0.1, 0.15) is 39.0 Å². The molecule has 3 N–H and O–H groups in total. The number of carbonyl (C=O) groups is 2. The molecule has 0 rings (SSSR count). The summed E-state index contributed by atoms with van der Waals surface area (Å²) in [6, 6.07) is -1.24. The molecule has 20 heavy (non-hydrogen) atoms. The van der Waals surface area contributed by atoms with E-state index in [2.05, 4.69) is 30.6 Å². The molecule has 0 saturated heterocycles. The standard InChI is InChI=1S/C12H23NO4S2.Na/c1-8(14)11(12(16)17)13-10(15)5-3-2-4-9(19)6-7-18;/h8-9,11,14,18-19H,2-7H2,1H3,(H,13,15)(H,16,17);/t8-,9?,11+;/m1./s1. The SMILES string of the molecule is C[C@@H](O)[C@H](NC(=O)CCCCC(S)CCS)C(=O)O.[Na]. The fourth-order valence-corrected chi connectivity index (χ4v) is 2.42. The van der Waals surface area contributed by atoms with E-state index in [9.17, 15) is 14.7 Å². The molecule has 0 heterocycles. The number of aliphatic carboxylic acids is 1. The van der Waals surface area contributed by atoms with Crippen LogP contribution in [0.5, 0.6) is 0 Å². The van der Waals surface area contributed by atoms with Gasteiger partial charge in [-0.3, -0.25) is 4.79 Å². The van der Waals surface area contributed by atoms with Crippen LogP contribution >= 0.6 is 25.3 Å². The van der Waals surface area contributed by atoms with Crippen molar-refractivity contribution in [1.82, 2.24) is 5.32 Å². The molecule has 1 unspecified atom stereocenters. The smallest absolute Gasteiger partial charge is 0.328 e. The van der Waals surface area contributed by atoms with Crippen molar-refractivity contribution in [3.8, 4) is 0 Å². The minimum absolute atomic E-state index is 0. The van der Waals surface area contributed by atoms with Gasteiger partial charge in [0, 0.05) is 41.2 Å². The van der Waals surface area contributed by atoms with E-state index in [0.29, 0.717) is 11.7 Å². The molecule has 8 heteroatoms. The summed E-state index contributed by atoms with van der Waals surface area (Å²) in [6.07, 6.45) is 2.54. The van der Waals surface area contributed by atoms with E-state index in [0.717, 1.165) is 25.0 Å². The van der Waals surface area contributed by atoms with Crippen LogP contribution in [0.2, 0.25) is 0 Å². The number of unbranched alkanes of at least 4 members (excludes halogenated alkanes) is 1. The zero-order chi connectivity index (χ0) is 14.8. The maximum atomic E-state index is 11.5. The molecule has 1 amide bonds. The number of hydrogen-bond donors (Lipinski definition) is 5. The maximum Gasteiger partial charge on any atom is 0.328 e. The quantitative estimate of drug-likeness (QED) is 0.232. The molecule has 113 valence electrons. The average Bonchev–Trinajstić information content (AvgIpc) is 2.31. The number of thiol groups is 2. The average molecular weight is 332 g/mol. The van der Waals surface area contributed by atoms with Crippen LogP contribution in [0.3, 0.4) is 0 Å². The van der Waals surface area contributed by atoms with Crippen LogP contribution in [-0.2, 0) is 9.59 Å². The van der Waals surface area contributed by atoms with Crippen molar-refractivity contribution in [1.29, 1.82) is 0 Å². The fraction of sp³-hybridized carbons (Fsp3) is 0.833. The van der Waals surface area contributed by atoms with Crippen molar-refractivity contribution in [2.45, 2.75) is 56.4 Å². The molecule has 0 aromatic carbocycles. The second-order valence-corrected chi connectivity index (χ2v) is 5.71. The summed E-state index contributed by atoms with van der Waals surface area (Å²) in [5.41, 5.74) is 0. The molecule has 0 aromatic heterocycles. The Kier molecular flexibility index (Phi) is 15.2. The number of aliphatic hydroxyl groups excluding tert-OH is 1. The molecule has 0 aliphatic carbocycles. The summed E-state index contributed by atoms with van der Waals surface area (Å²) in [6.45, 7) is 1.34. The first-order chi connectivity index (χ1) is 8.88. The topological polar surface area (TPSA) is 86.6 Å². The largest absolute Gasteiger partial charge is 0.480 e. The predicted octanol–water partition coefficient (Wildman–Crippen LogP) is 0.734. The Labute approximate surface area is 153 Å². The number of carboxylic acid groups (broad SMARTS) is 1. The molecule has 3 atom stereocenters. The molecular weight excluding hydrogens is 309 g/mol. The van der Waals surface area contributed by atoms with Gasteiger partial charge in [-0.05, 0) is 31.9 Å².